The van der Waals surface area contributed by atoms with E-state index >= 15 is 0 Å². The molecule has 0 bridgehead atoms. The number of piperidine rings is 1. The van der Waals surface area contributed by atoms with E-state index in [0.29, 0.717) is 12.8 Å². The Morgan fingerprint density at radius 3 is 2.56 bits per heavy atom. The van der Waals surface area contributed by atoms with Crippen LogP contribution in [0.25, 0.3) is 0 Å². The van der Waals surface area contributed by atoms with E-state index in [-0.39, 0.29) is 13.1 Å². The minimum absolute atomic E-state index is 0.0294. The largest absolute Gasteiger partial charge is 0.460 e. The van der Waals surface area contributed by atoms with Crippen molar-refractivity contribution in [1.29, 1.82) is 0 Å². The first kappa shape index (κ1) is 19.2. The third kappa shape index (κ3) is 4.93. The number of hydrogen-bond acceptors (Lipinski definition) is 4. The Balaban J connectivity index is 2.17. The van der Waals surface area contributed by atoms with Crippen LogP contribution in [0.2, 0.25) is 0 Å². The quantitative estimate of drug-likeness (QED) is 0.761. The van der Waals surface area contributed by atoms with Crippen molar-refractivity contribution < 1.29 is 27.5 Å². The highest BCUT2D eigenvalue weighted by molar-refractivity contribution is 5.94. The van der Waals surface area contributed by atoms with Gasteiger partial charge in [0.1, 0.15) is 11.3 Å². The van der Waals surface area contributed by atoms with E-state index in [0.717, 1.165) is 18.3 Å². The van der Waals surface area contributed by atoms with Crippen LogP contribution in [-0.4, -0.2) is 40.5 Å². The molecule has 1 aromatic rings. The second-order valence-electron chi connectivity index (χ2n) is 7.02. The molecule has 0 aromatic carbocycles. The first-order valence-corrected chi connectivity index (χ1v) is 8.03. The molecule has 1 amide bonds. The number of alkyl halides is 3. The van der Waals surface area contributed by atoms with Gasteiger partial charge < -0.3 is 9.64 Å². The summed E-state index contributed by atoms with van der Waals surface area (Å²) in [6.07, 6.45) is -2.46. The Morgan fingerprint density at radius 1 is 1.28 bits per heavy atom. The molecule has 0 saturated carbocycles. The van der Waals surface area contributed by atoms with Crippen molar-refractivity contribution in [2.75, 3.05) is 13.1 Å². The molecule has 0 radical (unpaired) electrons. The van der Waals surface area contributed by atoms with Gasteiger partial charge in [0.15, 0.2) is 0 Å². The lowest BCUT2D eigenvalue weighted by atomic mass is 9.97. The second kappa shape index (κ2) is 7.01. The number of amides is 1. The van der Waals surface area contributed by atoms with E-state index in [9.17, 15) is 22.8 Å². The van der Waals surface area contributed by atoms with Crippen LogP contribution in [0.1, 0.15) is 49.7 Å². The average molecular weight is 358 g/mol. The van der Waals surface area contributed by atoms with Gasteiger partial charge >= 0.3 is 12.1 Å². The molecule has 1 aliphatic heterocycles. The summed E-state index contributed by atoms with van der Waals surface area (Å²) in [6.45, 7) is 5.52. The topological polar surface area (TPSA) is 59.5 Å². The summed E-state index contributed by atoms with van der Waals surface area (Å²) >= 11 is 0. The monoisotopic (exact) mass is 358 g/mol. The second-order valence-corrected chi connectivity index (χ2v) is 7.02. The standard InChI is InChI=1S/C17H21F3N2O3/c1-16(2,3)25-15(24)11-6-5-9-22(10-11)14(23)13-12(17(18,19)20)7-4-8-21-13/h4,7-8,11H,5-6,9-10H2,1-3H3. The van der Waals surface area contributed by atoms with Crippen LogP contribution < -0.4 is 0 Å². The predicted octanol–water partition coefficient (Wildman–Crippen LogP) is 3.29. The zero-order valence-electron chi connectivity index (χ0n) is 14.4. The van der Waals surface area contributed by atoms with Crippen molar-refractivity contribution >= 4 is 11.9 Å². The molecule has 1 aliphatic rings. The highest BCUT2D eigenvalue weighted by atomic mass is 19.4. The summed E-state index contributed by atoms with van der Waals surface area (Å²) in [4.78, 5) is 29.6. The third-order valence-electron chi connectivity index (χ3n) is 3.76. The maximum atomic E-state index is 13.1. The van der Waals surface area contributed by atoms with Gasteiger partial charge in [-0.15, -0.1) is 0 Å². The van der Waals surface area contributed by atoms with Crippen LogP contribution in [0.5, 0.6) is 0 Å². The number of halogens is 3. The molecule has 5 nitrogen and oxygen atoms in total. The Morgan fingerprint density at radius 2 is 1.96 bits per heavy atom. The van der Waals surface area contributed by atoms with Gasteiger partial charge in [-0.1, -0.05) is 0 Å². The molecular weight excluding hydrogens is 337 g/mol. The number of nitrogens with zero attached hydrogens (tertiary/aromatic N) is 2. The van der Waals surface area contributed by atoms with E-state index in [1.165, 1.54) is 4.90 Å². The number of carbonyl (C=O) groups excluding carboxylic acids is 2. The molecule has 0 N–H and O–H groups in total. The third-order valence-corrected chi connectivity index (χ3v) is 3.76. The van der Waals surface area contributed by atoms with Crippen molar-refractivity contribution in [2.24, 2.45) is 5.92 Å². The summed E-state index contributed by atoms with van der Waals surface area (Å²) in [7, 11) is 0. The van der Waals surface area contributed by atoms with Crippen LogP contribution in [0.15, 0.2) is 18.3 Å². The van der Waals surface area contributed by atoms with E-state index in [4.69, 9.17) is 4.74 Å². The summed E-state index contributed by atoms with van der Waals surface area (Å²) in [6, 6.07) is 1.97. The smallest absolute Gasteiger partial charge is 0.418 e. The summed E-state index contributed by atoms with van der Waals surface area (Å²) in [5.74, 6) is -1.81. The number of rotatable bonds is 2. The van der Waals surface area contributed by atoms with E-state index in [1.54, 1.807) is 20.8 Å². The van der Waals surface area contributed by atoms with Crippen LogP contribution in [0.4, 0.5) is 13.2 Å². The Hall–Kier alpha value is -2.12. The molecule has 0 aliphatic carbocycles. The van der Waals surface area contributed by atoms with Gasteiger partial charge in [-0.25, -0.2) is 0 Å². The SMILES string of the molecule is CC(C)(C)OC(=O)C1CCCN(C(=O)c2ncccc2C(F)(F)F)C1. The fraction of sp³-hybridized carbons (Fsp3) is 0.588. The Bertz CT molecular complexity index is 653. The first-order valence-electron chi connectivity index (χ1n) is 8.03. The number of aromatic nitrogens is 1. The van der Waals surface area contributed by atoms with Gasteiger partial charge in [-0.05, 0) is 45.7 Å². The van der Waals surface area contributed by atoms with Crippen molar-refractivity contribution in [3.8, 4) is 0 Å². The van der Waals surface area contributed by atoms with Crippen molar-refractivity contribution in [1.82, 2.24) is 9.88 Å². The lowest BCUT2D eigenvalue weighted by Crippen LogP contribution is -2.44. The molecule has 1 saturated heterocycles. The Labute approximate surface area is 144 Å². The predicted molar refractivity (Wildman–Crippen MR) is 83.7 cm³/mol. The minimum atomic E-state index is -4.67. The molecule has 138 valence electrons. The number of carbonyl (C=O) groups is 2. The lowest BCUT2D eigenvalue weighted by molar-refractivity contribution is -0.161. The lowest BCUT2D eigenvalue weighted by Gasteiger charge is -2.33. The van der Waals surface area contributed by atoms with Crippen molar-refractivity contribution in [2.45, 2.75) is 45.4 Å². The number of ether oxygens (including phenoxy) is 1. The fourth-order valence-electron chi connectivity index (χ4n) is 2.69. The van der Waals surface area contributed by atoms with E-state index in [1.807, 2.05) is 0 Å². The van der Waals surface area contributed by atoms with Crippen LogP contribution in [-0.2, 0) is 15.7 Å². The maximum absolute atomic E-state index is 13.1. The number of pyridine rings is 1. The Kier molecular flexibility index (Phi) is 5.39. The molecule has 8 heteroatoms. The van der Waals surface area contributed by atoms with Gasteiger partial charge in [0, 0.05) is 19.3 Å². The van der Waals surface area contributed by atoms with Crippen LogP contribution >= 0.6 is 0 Å². The summed E-state index contributed by atoms with van der Waals surface area (Å²) in [5.41, 5.74) is -2.37. The van der Waals surface area contributed by atoms with E-state index < -0.39 is 40.8 Å². The minimum Gasteiger partial charge on any atom is -0.460 e. The number of likely N-dealkylation sites (tertiary alicyclic amines) is 1. The molecule has 1 atom stereocenters. The molecule has 2 rings (SSSR count). The highest BCUT2D eigenvalue weighted by Crippen LogP contribution is 2.32. The van der Waals surface area contributed by atoms with Gasteiger partial charge in [0.2, 0.25) is 0 Å². The number of hydrogen-bond donors (Lipinski definition) is 0. The molecule has 1 aromatic heterocycles. The van der Waals surface area contributed by atoms with Crippen LogP contribution in [0, 0.1) is 5.92 Å². The highest BCUT2D eigenvalue weighted by Gasteiger charge is 2.39. The molecule has 1 fully saturated rings. The van der Waals surface area contributed by atoms with Crippen molar-refractivity contribution in [3.63, 3.8) is 0 Å². The zero-order chi connectivity index (χ0) is 18.8. The van der Waals surface area contributed by atoms with Gasteiger partial charge in [0.05, 0.1) is 11.5 Å². The molecule has 0 spiro atoms. The van der Waals surface area contributed by atoms with Crippen LogP contribution in [0.3, 0.4) is 0 Å². The first-order chi connectivity index (χ1) is 11.5. The maximum Gasteiger partial charge on any atom is 0.418 e. The summed E-state index contributed by atoms with van der Waals surface area (Å²) < 4.78 is 44.6. The van der Waals surface area contributed by atoms with Crippen molar-refractivity contribution in [3.05, 3.63) is 29.6 Å². The van der Waals surface area contributed by atoms with E-state index in [2.05, 4.69) is 4.98 Å². The molecular formula is C17H21F3N2O3. The normalized spacial score (nSPS) is 18.8. The van der Waals surface area contributed by atoms with Gasteiger partial charge in [-0.2, -0.15) is 13.2 Å². The van der Waals surface area contributed by atoms with Gasteiger partial charge in [-0.3, -0.25) is 14.6 Å². The van der Waals surface area contributed by atoms with Gasteiger partial charge in [0.25, 0.3) is 5.91 Å². The average Bonchev–Trinajstić information content (AvgIpc) is 2.52. The fourth-order valence-corrected chi connectivity index (χ4v) is 2.69. The zero-order valence-corrected chi connectivity index (χ0v) is 14.4. The molecule has 1 unspecified atom stereocenters. The molecule has 25 heavy (non-hydrogen) atoms. The molecule has 2 heterocycles. The summed E-state index contributed by atoms with van der Waals surface area (Å²) in [5, 5.41) is 0. The number of esters is 1.